The minimum absolute atomic E-state index is 0.00863. The largest absolute Gasteiger partial charge is 0.497 e. The van der Waals surface area contributed by atoms with Crippen molar-refractivity contribution in [3.05, 3.63) is 47.5 Å². The van der Waals surface area contributed by atoms with Gasteiger partial charge in [0.1, 0.15) is 34.2 Å². The minimum Gasteiger partial charge on any atom is -0.497 e. The molecule has 0 N–H and O–H groups in total. The number of carbonyl (C=O) groups is 2. The lowest BCUT2D eigenvalue weighted by Gasteiger charge is -2.44. The van der Waals surface area contributed by atoms with Crippen LogP contribution in [0.3, 0.4) is 0 Å². The van der Waals surface area contributed by atoms with Gasteiger partial charge in [0.15, 0.2) is 5.78 Å². The van der Waals surface area contributed by atoms with E-state index in [1.165, 1.54) is 7.11 Å². The van der Waals surface area contributed by atoms with Crippen molar-refractivity contribution in [2.45, 2.75) is 24.9 Å². The Bertz CT molecular complexity index is 960. The Labute approximate surface area is 175 Å². The van der Waals surface area contributed by atoms with Crippen LogP contribution in [0, 0.1) is 0 Å². The fraction of sp³-hybridized carbons (Fsp3) is 0.391. The third-order valence-electron chi connectivity index (χ3n) is 5.88. The molecule has 0 radical (unpaired) electrons. The lowest BCUT2D eigenvalue weighted by atomic mass is 9.82. The highest BCUT2D eigenvalue weighted by Crippen LogP contribution is 2.44. The number of likely N-dealkylation sites (tertiary alicyclic amines) is 1. The third-order valence-corrected chi connectivity index (χ3v) is 5.88. The molecule has 0 aliphatic carbocycles. The number of fused-ring (bicyclic) bond motifs is 1. The summed E-state index contributed by atoms with van der Waals surface area (Å²) in [6.07, 6.45) is 1.44. The number of ketones is 1. The number of methoxy groups -OCH3 is 3. The molecule has 0 atom stereocenters. The second-order valence-electron chi connectivity index (χ2n) is 7.61. The average molecular weight is 411 g/mol. The van der Waals surface area contributed by atoms with Gasteiger partial charge >= 0.3 is 0 Å². The van der Waals surface area contributed by atoms with Gasteiger partial charge in [0.25, 0.3) is 5.91 Å². The van der Waals surface area contributed by atoms with Crippen LogP contribution in [-0.2, 0) is 0 Å². The molecular formula is C23H25NO6. The standard InChI is InChI=1S/C23H25NO6/c1-27-16-6-4-15(5-7-16)22(26)24-10-8-23(9-11-24)14-18(25)21-19(29-3)12-17(28-2)13-20(21)30-23/h4-7,12-13H,8-11,14H2,1-3H3. The first-order chi connectivity index (χ1) is 14.5. The number of piperidine rings is 1. The number of amides is 1. The summed E-state index contributed by atoms with van der Waals surface area (Å²) >= 11 is 0. The molecule has 0 unspecified atom stereocenters. The molecule has 7 nitrogen and oxygen atoms in total. The van der Waals surface area contributed by atoms with E-state index in [1.807, 2.05) is 4.90 Å². The fourth-order valence-corrected chi connectivity index (χ4v) is 4.16. The highest BCUT2D eigenvalue weighted by Gasteiger charge is 2.45. The van der Waals surface area contributed by atoms with Gasteiger partial charge in [-0.15, -0.1) is 0 Å². The SMILES string of the molecule is COc1ccc(C(=O)N2CCC3(CC2)CC(=O)c2c(OC)cc(OC)cc2O3)cc1. The second kappa shape index (κ2) is 7.89. The highest BCUT2D eigenvalue weighted by atomic mass is 16.5. The van der Waals surface area contributed by atoms with E-state index in [9.17, 15) is 9.59 Å². The lowest BCUT2D eigenvalue weighted by Crippen LogP contribution is -2.52. The van der Waals surface area contributed by atoms with Crippen molar-refractivity contribution in [1.82, 2.24) is 4.90 Å². The molecule has 1 spiro atoms. The number of nitrogens with zero attached hydrogens (tertiary/aromatic N) is 1. The Morgan fingerprint density at radius 2 is 1.63 bits per heavy atom. The summed E-state index contributed by atoms with van der Waals surface area (Å²) in [5.41, 5.74) is 0.464. The smallest absolute Gasteiger partial charge is 0.253 e. The van der Waals surface area contributed by atoms with Crippen LogP contribution in [0.4, 0.5) is 0 Å². The van der Waals surface area contributed by atoms with Gasteiger partial charge in [-0.25, -0.2) is 0 Å². The number of benzene rings is 2. The molecule has 2 heterocycles. The molecular weight excluding hydrogens is 386 g/mol. The van der Waals surface area contributed by atoms with Crippen molar-refractivity contribution in [2.24, 2.45) is 0 Å². The minimum atomic E-state index is -0.613. The van der Waals surface area contributed by atoms with Gasteiger partial charge in [-0.05, 0) is 24.3 Å². The Morgan fingerprint density at radius 3 is 2.23 bits per heavy atom. The fourth-order valence-electron chi connectivity index (χ4n) is 4.16. The summed E-state index contributed by atoms with van der Waals surface area (Å²) in [5, 5.41) is 0. The van der Waals surface area contributed by atoms with E-state index >= 15 is 0 Å². The van der Waals surface area contributed by atoms with Crippen LogP contribution in [0.5, 0.6) is 23.0 Å². The van der Waals surface area contributed by atoms with E-state index in [-0.39, 0.29) is 18.1 Å². The van der Waals surface area contributed by atoms with E-state index in [2.05, 4.69) is 0 Å². The van der Waals surface area contributed by atoms with E-state index in [4.69, 9.17) is 18.9 Å². The summed E-state index contributed by atoms with van der Waals surface area (Å²) in [5.74, 6) is 2.18. The maximum atomic E-state index is 12.9. The molecule has 0 aromatic heterocycles. The van der Waals surface area contributed by atoms with E-state index in [1.54, 1.807) is 50.6 Å². The zero-order chi connectivity index (χ0) is 21.3. The normalized spacial score (nSPS) is 17.2. The van der Waals surface area contributed by atoms with E-state index < -0.39 is 5.60 Å². The number of Topliss-reactive ketones (excluding diaryl/α,β-unsaturated/α-hetero) is 1. The monoisotopic (exact) mass is 411 g/mol. The van der Waals surface area contributed by atoms with Gasteiger partial charge in [-0.2, -0.15) is 0 Å². The molecule has 0 saturated carbocycles. The maximum Gasteiger partial charge on any atom is 0.253 e. The zero-order valence-electron chi connectivity index (χ0n) is 17.4. The van der Waals surface area contributed by atoms with Gasteiger partial charge in [0.2, 0.25) is 0 Å². The summed E-state index contributed by atoms with van der Waals surface area (Å²) in [6, 6.07) is 10.5. The van der Waals surface area contributed by atoms with Gasteiger partial charge in [-0.1, -0.05) is 0 Å². The van der Waals surface area contributed by atoms with Gasteiger partial charge in [0, 0.05) is 43.6 Å². The maximum absolute atomic E-state index is 12.9. The molecule has 2 aromatic carbocycles. The Morgan fingerprint density at radius 1 is 0.967 bits per heavy atom. The molecule has 2 aliphatic rings. The van der Waals surface area contributed by atoms with Crippen LogP contribution in [0.2, 0.25) is 0 Å². The lowest BCUT2D eigenvalue weighted by molar-refractivity contribution is -0.00610. The number of rotatable bonds is 4. The number of hydrogen-bond acceptors (Lipinski definition) is 6. The average Bonchev–Trinajstić information content (AvgIpc) is 2.78. The first-order valence-corrected chi connectivity index (χ1v) is 9.90. The van der Waals surface area contributed by atoms with Gasteiger partial charge in [0.05, 0.1) is 27.8 Å². The first-order valence-electron chi connectivity index (χ1n) is 9.90. The highest BCUT2D eigenvalue weighted by molar-refractivity contribution is 6.03. The van der Waals surface area contributed by atoms with Crippen LogP contribution in [0.25, 0.3) is 0 Å². The van der Waals surface area contributed by atoms with Gasteiger partial charge in [-0.3, -0.25) is 9.59 Å². The summed E-state index contributed by atoms with van der Waals surface area (Å²) in [7, 11) is 4.68. The number of hydrogen-bond donors (Lipinski definition) is 0. The summed E-state index contributed by atoms with van der Waals surface area (Å²) in [6.45, 7) is 1.04. The van der Waals surface area contributed by atoms with Crippen molar-refractivity contribution in [3.63, 3.8) is 0 Å². The van der Waals surface area contributed by atoms with Crippen molar-refractivity contribution >= 4 is 11.7 Å². The molecule has 1 saturated heterocycles. The van der Waals surface area contributed by atoms with Gasteiger partial charge < -0.3 is 23.8 Å². The molecule has 158 valence electrons. The Kier molecular flexibility index (Phi) is 5.28. The van der Waals surface area contributed by atoms with Crippen LogP contribution in [0.15, 0.2) is 36.4 Å². The van der Waals surface area contributed by atoms with Crippen molar-refractivity contribution in [1.29, 1.82) is 0 Å². The Balaban J connectivity index is 1.50. The molecule has 0 bridgehead atoms. The van der Waals surface area contributed by atoms with Crippen molar-refractivity contribution < 1.29 is 28.5 Å². The van der Waals surface area contributed by atoms with Crippen LogP contribution < -0.4 is 18.9 Å². The molecule has 30 heavy (non-hydrogen) atoms. The molecule has 2 aromatic rings. The van der Waals surface area contributed by atoms with Crippen LogP contribution >= 0.6 is 0 Å². The molecule has 4 rings (SSSR count). The molecule has 1 fully saturated rings. The first kappa shape index (κ1) is 20.1. The second-order valence-corrected chi connectivity index (χ2v) is 7.61. The van der Waals surface area contributed by atoms with E-state index in [0.717, 1.165) is 0 Å². The topological polar surface area (TPSA) is 74.3 Å². The third kappa shape index (κ3) is 3.56. The predicted octanol–water partition coefficient (Wildman–Crippen LogP) is 3.35. The summed E-state index contributed by atoms with van der Waals surface area (Å²) < 4.78 is 22.2. The van der Waals surface area contributed by atoms with Crippen LogP contribution in [0.1, 0.15) is 40.0 Å². The summed E-state index contributed by atoms with van der Waals surface area (Å²) in [4.78, 5) is 27.6. The van der Waals surface area contributed by atoms with E-state index in [0.29, 0.717) is 60.1 Å². The zero-order valence-corrected chi connectivity index (χ0v) is 17.4. The van der Waals surface area contributed by atoms with Crippen molar-refractivity contribution in [2.75, 3.05) is 34.4 Å². The molecule has 2 aliphatic heterocycles. The quantitative estimate of drug-likeness (QED) is 0.768. The van der Waals surface area contributed by atoms with Crippen molar-refractivity contribution in [3.8, 4) is 23.0 Å². The predicted molar refractivity (Wildman–Crippen MR) is 110 cm³/mol. The molecule has 1 amide bonds. The number of ether oxygens (including phenoxy) is 4. The number of carbonyl (C=O) groups excluding carboxylic acids is 2. The Hall–Kier alpha value is -3.22. The molecule has 7 heteroatoms. The van der Waals surface area contributed by atoms with Crippen LogP contribution in [-0.4, -0.2) is 56.6 Å².